The number of hydrazone groups is 1. The maximum absolute atomic E-state index is 12.0. The molecule has 7 heteroatoms. The highest BCUT2D eigenvalue weighted by molar-refractivity contribution is 6.42. The normalized spacial score (nSPS) is 12.3. The third-order valence-corrected chi connectivity index (χ3v) is 5.59. The topological polar surface area (TPSA) is 66.6 Å². The molecule has 1 amide bonds. The highest BCUT2D eigenvalue weighted by atomic mass is 35.5. The molecule has 156 valence electrons. The molecule has 0 aliphatic heterocycles. The SMILES string of the molecule is Cc1cc(/C=N\NC(=O)CC[C@H](O)c2ccccc2)c(C)n1-c1ccc(Cl)c(Cl)c1. The number of amides is 1. The van der Waals surface area contributed by atoms with Gasteiger partial charge in [-0.25, -0.2) is 5.43 Å². The van der Waals surface area contributed by atoms with Gasteiger partial charge in [0.05, 0.1) is 22.4 Å². The summed E-state index contributed by atoms with van der Waals surface area (Å²) >= 11 is 12.2. The maximum atomic E-state index is 12.0. The van der Waals surface area contributed by atoms with Crippen LogP contribution in [-0.4, -0.2) is 21.8 Å². The molecule has 0 saturated carbocycles. The van der Waals surface area contributed by atoms with Gasteiger partial charge in [0, 0.05) is 29.1 Å². The zero-order chi connectivity index (χ0) is 21.7. The molecule has 0 bridgehead atoms. The van der Waals surface area contributed by atoms with Crippen molar-refractivity contribution in [1.82, 2.24) is 9.99 Å². The lowest BCUT2D eigenvalue weighted by atomic mass is 10.1. The van der Waals surface area contributed by atoms with Gasteiger partial charge in [-0.15, -0.1) is 0 Å². The van der Waals surface area contributed by atoms with E-state index in [9.17, 15) is 9.90 Å². The minimum atomic E-state index is -0.675. The van der Waals surface area contributed by atoms with E-state index in [1.807, 2.05) is 66.9 Å². The van der Waals surface area contributed by atoms with E-state index < -0.39 is 6.10 Å². The monoisotopic (exact) mass is 443 g/mol. The summed E-state index contributed by atoms with van der Waals surface area (Å²) in [6.45, 7) is 3.95. The standard InChI is InChI=1S/C23H23Cl2N3O2/c1-15-12-18(16(2)28(15)19-8-9-20(24)21(25)13-19)14-26-27-23(30)11-10-22(29)17-6-4-3-5-7-17/h3-9,12-14,22,29H,10-11H2,1-2H3,(H,27,30)/b26-14-/t22-/m0/s1. The fraction of sp³-hybridized carbons (Fsp3) is 0.217. The Kier molecular flexibility index (Phi) is 7.32. The van der Waals surface area contributed by atoms with Gasteiger partial charge in [-0.2, -0.15) is 5.10 Å². The number of aromatic nitrogens is 1. The number of nitrogens with one attached hydrogen (secondary N) is 1. The summed E-state index contributed by atoms with van der Waals surface area (Å²) < 4.78 is 2.04. The van der Waals surface area contributed by atoms with E-state index in [4.69, 9.17) is 23.2 Å². The summed E-state index contributed by atoms with van der Waals surface area (Å²) in [5.74, 6) is -0.250. The Hall–Kier alpha value is -2.60. The third-order valence-electron chi connectivity index (χ3n) is 4.85. The fourth-order valence-electron chi connectivity index (χ4n) is 3.28. The Morgan fingerprint density at radius 2 is 1.87 bits per heavy atom. The Bertz CT molecular complexity index is 1060. The van der Waals surface area contributed by atoms with Crippen LogP contribution in [-0.2, 0) is 4.79 Å². The largest absolute Gasteiger partial charge is 0.388 e. The molecule has 1 atom stereocenters. The molecule has 0 fully saturated rings. The van der Waals surface area contributed by atoms with Crippen molar-refractivity contribution in [1.29, 1.82) is 0 Å². The van der Waals surface area contributed by atoms with E-state index in [0.29, 0.717) is 16.5 Å². The molecule has 0 unspecified atom stereocenters. The van der Waals surface area contributed by atoms with Crippen LogP contribution in [0.15, 0.2) is 59.7 Å². The van der Waals surface area contributed by atoms with Crippen LogP contribution in [0.3, 0.4) is 0 Å². The van der Waals surface area contributed by atoms with E-state index >= 15 is 0 Å². The number of aliphatic hydroxyl groups excluding tert-OH is 1. The first-order chi connectivity index (χ1) is 14.4. The summed E-state index contributed by atoms with van der Waals surface area (Å²) in [6.07, 6.45) is 1.44. The van der Waals surface area contributed by atoms with Crippen molar-refractivity contribution in [2.45, 2.75) is 32.8 Å². The van der Waals surface area contributed by atoms with Crippen LogP contribution in [0.2, 0.25) is 10.0 Å². The average Bonchev–Trinajstić information content (AvgIpc) is 3.02. The lowest BCUT2D eigenvalue weighted by molar-refractivity contribution is -0.121. The molecule has 0 spiro atoms. The summed E-state index contributed by atoms with van der Waals surface area (Å²) in [7, 11) is 0. The molecule has 3 rings (SSSR count). The number of aliphatic hydroxyl groups is 1. The van der Waals surface area contributed by atoms with Crippen molar-refractivity contribution in [3.05, 3.63) is 87.2 Å². The van der Waals surface area contributed by atoms with Gasteiger partial charge < -0.3 is 9.67 Å². The third kappa shape index (κ3) is 5.30. The molecule has 2 aromatic carbocycles. The number of hydrogen-bond acceptors (Lipinski definition) is 3. The molecular weight excluding hydrogens is 421 g/mol. The maximum Gasteiger partial charge on any atom is 0.240 e. The van der Waals surface area contributed by atoms with E-state index in [-0.39, 0.29) is 12.3 Å². The molecule has 0 aliphatic carbocycles. The van der Waals surface area contributed by atoms with Gasteiger partial charge in [0.15, 0.2) is 0 Å². The zero-order valence-electron chi connectivity index (χ0n) is 16.8. The number of hydrogen-bond donors (Lipinski definition) is 2. The van der Waals surface area contributed by atoms with Crippen LogP contribution >= 0.6 is 23.2 Å². The quantitative estimate of drug-likeness (QED) is 0.380. The number of benzene rings is 2. The minimum Gasteiger partial charge on any atom is -0.388 e. The molecular formula is C23H23Cl2N3O2. The number of rotatable bonds is 7. The Balaban J connectivity index is 1.61. The average molecular weight is 444 g/mol. The van der Waals surface area contributed by atoms with Gasteiger partial charge in [0.25, 0.3) is 0 Å². The number of halogens is 2. The summed E-state index contributed by atoms with van der Waals surface area (Å²) in [4.78, 5) is 12.0. The first-order valence-corrected chi connectivity index (χ1v) is 10.3. The van der Waals surface area contributed by atoms with Gasteiger partial charge in [0.2, 0.25) is 5.91 Å². The van der Waals surface area contributed by atoms with Crippen LogP contribution in [0, 0.1) is 13.8 Å². The molecule has 1 heterocycles. The van der Waals surface area contributed by atoms with E-state index in [2.05, 4.69) is 10.5 Å². The van der Waals surface area contributed by atoms with Crippen molar-refractivity contribution in [2.75, 3.05) is 0 Å². The van der Waals surface area contributed by atoms with Crippen LogP contribution in [0.5, 0.6) is 0 Å². The van der Waals surface area contributed by atoms with E-state index in [1.54, 1.807) is 12.3 Å². The first kappa shape index (κ1) is 22.1. The van der Waals surface area contributed by atoms with Gasteiger partial charge in [0.1, 0.15) is 0 Å². The fourth-order valence-corrected chi connectivity index (χ4v) is 3.57. The second-order valence-electron chi connectivity index (χ2n) is 7.02. The minimum absolute atomic E-state index is 0.176. The van der Waals surface area contributed by atoms with Crippen molar-refractivity contribution >= 4 is 35.3 Å². The Morgan fingerprint density at radius 3 is 2.57 bits per heavy atom. The van der Waals surface area contributed by atoms with Crippen LogP contribution in [0.4, 0.5) is 0 Å². The van der Waals surface area contributed by atoms with Crippen LogP contribution in [0.1, 0.15) is 41.5 Å². The second kappa shape index (κ2) is 9.94. The molecule has 5 nitrogen and oxygen atoms in total. The predicted octanol–water partition coefficient (Wildman–Crippen LogP) is 5.36. The molecule has 2 N–H and O–H groups in total. The van der Waals surface area contributed by atoms with Gasteiger partial charge in [-0.1, -0.05) is 53.5 Å². The lowest BCUT2D eigenvalue weighted by Gasteiger charge is -2.10. The number of carbonyl (C=O) groups excluding carboxylic acids is 1. The van der Waals surface area contributed by atoms with Crippen molar-refractivity contribution < 1.29 is 9.90 Å². The van der Waals surface area contributed by atoms with Crippen molar-refractivity contribution in [2.24, 2.45) is 5.10 Å². The van der Waals surface area contributed by atoms with Gasteiger partial charge >= 0.3 is 0 Å². The zero-order valence-corrected chi connectivity index (χ0v) is 18.3. The molecule has 1 aromatic heterocycles. The molecule has 0 saturated heterocycles. The van der Waals surface area contributed by atoms with Gasteiger partial charge in [-0.3, -0.25) is 4.79 Å². The second-order valence-corrected chi connectivity index (χ2v) is 7.83. The molecule has 30 heavy (non-hydrogen) atoms. The first-order valence-electron chi connectivity index (χ1n) is 9.56. The summed E-state index contributed by atoms with van der Waals surface area (Å²) in [6, 6.07) is 16.7. The number of carbonyl (C=O) groups is 1. The Labute approximate surface area is 185 Å². The smallest absolute Gasteiger partial charge is 0.240 e. The highest BCUT2D eigenvalue weighted by Crippen LogP contribution is 2.27. The summed E-state index contributed by atoms with van der Waals surface area (Å²) in [5, 5.41) is 15.2. The molecule has 0 radical (unpaired) electrons. The number of nitrogens with zero attached hydrogens (tertiary/aromatic N) is 2. The van der Waals surface area contributed by atoms with Crippen molar-refractivity contribution in [3.8, 4) is 5.69 Å². The summed E-state index contributed by atoms with van der Waals surface area (Å²) in [5.41, 5.74) is 7.06. The van der Waals surface area contributed by atoms with E-state index in [0.717, 1.165) is 28.2 Å². The lowest BCUT2D eigenvalue weighted by Crippen LogP contribution is -2.18. The molecule has 0 aliphatic rings. The number of aryl methyl sites for hydroxylation is 1. The predicted molar refractivity (Wildman–Crippen MR) is 122 cm³/mol. The Morgan fingerprint density at radius 1 is 1.13 bits per heavy atom. The van der Waals surface area contributed by atoms with Crippen LogP contribution < -0.4 is 5.43 Å². The van der Waals surface area contributed by atoms with Crippen molar-refractivity contribution in [3.63, 3.8) is 0 Å². The molecule has 3 aromatic rings. The van der Waals surface area contributed by atoms with E-state index in [1.165, 1.54) is 0 Å². The highest BCUT2D eigenvalue weighted by Gasteiger charge is 2.12. The van der Waals surface area contributed by atoms with Gasteiger partial charge in [-0.05, 0) is 50.1 Å². The van der Waals surface area contributed by atoms with Crippen LogP contribution in [0.25, 0.3) is 5.69 Å².